The van der Waals surface area contributed by atoms with E-state index in [9.17, 15) is 14.4 Å². The van der Waals surface area contributed by atoms with Gasteiger partial charge in [0.05, 0.1) is 26.4 Å². The fourth-order valence-electron chi connectivity index (χ4n) is 5.75. The Labute approximate surface area is 292 Å². The lowest BCUT2D eigenvalue weighted by molar-refractivity contribution is -0.281. The molecule has 1 fully saturated rings. The van der Waals surface area contributed by atoms with Gasteiger partial charge in [-0.05, 0) is 22.3 Å². The zero-order valence-electron chi connectivity index (χ0n) is 28.1. The van der Waals surface area contributed by atoms with Gasteiger partial charge in [0.15, 0.2) is 18.8 Å². The van der Waals surface area contributed by atoms with Crippen molar-refractivity contribution >= 4 is 17.9 Å². The summed E-state index contributed by atoms with van der Waals surface area (Å²) in [6, 6.07) is 38.2. The van der Waals surface area contributed by atoms with E-state index < -0.39 is 61.1 Å². The third-order valence-electron chi connectivity index (χ3n) is 8.05. The predicted molar refractivity (Wildman–Crippen MR) is 182 cm³/mol. The SMILES string of the molecule is CC(=O)OCC(=O)O[C@@H]1[C@@H](OCc2ccccc2)[C@H](OCc2ccccc2)[C@@H](OCc2ccccc2)[C@H](OCc2ccccc2)[C@@H]1OC(C)=O. The quantitative estimate of drug-likeness (QED) is 0.107. The molecule has 1 aliphatic rings. The third kappa shape index (κ3) is 10.8. The Balaban J connectivity index is 1.58. The van der Waals surface area contributed by atoms with Crippen molar-refractivity contribution in [3.8, 4) is 0 Å². The van der Waals surface area contributed by atoms with Gasteiger partial charge < -0.3 is 33.2 Å². The van der Waals surface area contributed by atoms with Crippen LogP contribution in [0, 0.1) is 0 Å². The molecule has 0 aromatic heterocycles. The van der Waals surface area contributed by atoms with E-state index in [1.165, 1.54) is 13.8 Å². The molecule has 0 radical (unpaired) electrons. The molecule has 0 bridgehead atoms. The Morgan fingerprint density at radius 3 is 1.02 bits per heavy atom. The van der Waals surface area contributed by atoms with Crippen LogP contribution < -0.4 is 0 Å². The number of carbonyl (C=O) groups is 3. The maximum Gasteiger partial charge on any atom is 0.344 e. The maximum absolute atomic E-state index is 13.2. The third-order valence-corrected chi connectivity index (χ3v) is 8.05. The number of hydrogen-bond donors (Lipinski definition) is 0. The van der Waals surface area contributed by atoms with Crippen molar-refractivity contribution in [3.63, 3.8) is 0 Å². The summed E-state index contributed by atoms with van der Waals surface area (Å²) < 4.78 is 43.4. The summed E-state index contributed by atoms with van der Waals surface area (Å²) in [6.07, 6.45) is -6.24. The van der Waals surface area contributed by atoms with Crippen molar-refractivity contribution < 1.29 is 47.5 Å². The molecule has 10 nitrogen and oxygen atoms in total. The van der Waals surface area contributed by atoms with E-state index in [2.05, 4.69) is 0 Å². The average molecular weight is 683 g/mol. The minimum atomic E-state index is -1.25. The van der Waals surface area contributed by atoms with Crippen LogP contribution in [0.1, 0.15) is 36.1 Å². The lowest BCUT2D eigenvalue weighted by Crippen LogP contribution is -2.68. The van der Waals surface area contributed by atoms with Gasteiger partial charge in [-0.3, -0.25) is 9.59 Å². The Bertz CT molecular complexity index is 1620. The van der Waals surface area contributed by atoms with Crippen molar-refractivity contribution in [2.75, 3.05) is 6.61 Å². The van der Waals surface area contributed by atoms with Crippen LogP contribution >= 0.6 is 0 Å². The predicted octanol–water partition coefficient (Wildman–Crippen LogP) is 5.75. The van der Waals surface area contributed by atoms with Crippen molar-refractivity contribution in [2.45, 2.75) is 76.9 Å². The average Bonchev–Trinajstić information content (AvgIpc) is 3.13. The normalized spacial score (nSPS) is 21.6. The van der Waals surface area contributed by atoms with Gasteiger partial charge in [-0.15, -0.1) is 0 Å². The molecule has 4 aromatic carbocycles. The first-order valence-corrected chi connectivity index (χ1v) is 16.5. The number of hydrogen-bond acceptors (Lipinski definition) is 10. The summed E-state index contributed by atoms with van der Waals surface area (Å²) in [4.78, 5) is 37.5. The fourth-order valence-corrected chi connectivity index (χ4v) is 5.75. The van der Waals surface area contributed by atoms with Crippen LogP contribution in [-0.2, 0) is 74.0 Å². The number of benzene rings is 4. The monoisotopic (exact) mass is 682 g/mol. The Morgan fingerprint density at radius 2 is 0.720 bits per heavy atom. The summed E-state index contributed by atoms with van der Waals surface area (Å²) in [5.74, 6) is -2.14. The molecule has 1 aliphatic carbocycles. The lowest BCUT2D eigenvalue weighted by atomic mass is 9.83. The molecule has 0 spiro atoms. The topological polar surface area (TPSA) is 116 Å². The molecule has 10 heteroatoms. The van der Waals surface area contributed by atoms with Crippen LogP contribution in [0.2, 0.25) is 0 Å². The van der Waals surface area contributed by atoms with Crippen molar-refractivity contribution in [1.82, 2.24) is 0 Å². The summed E-state index contributed by atoms with van der Waals surface area (Å²) in [5.41, 5.74) is 3.51. The summed E-state index contributed by atoms with van der Waals surface area (Å²) >= 11 is 0. The van der Waals surface area contributed by atoms with E-state index in [1.54, 1.807) is 0 Å². The molecule has 0 N–H and O–H groups in total. The second-order valence-electron chi connectivity index (χ2n) is 11.9. The fraction of sp³-hybridized carbons (Fsp3) is 0.325. The van der Waals surface area contributed by atoms with E-state index in [4.69, 9.17) is 33.2 Å². The molecule has 50 heavy (non-hydrogen) atoms. The second-order valence-corrected chi connectivity index (χ2v) is 11.9. The van der Waals surface area contributed by atoms with Gasteiger partial charge in [0, 0.05) is 13.8 Å². The van der Waals surface area contributed by atoms with Gasteiger partial charge in [0.1, 0.15) is 24.4 Å². The number of ether oxygens (including phenoxy) is 7. The van der Waals surface area contributed by atoms with Crippen molar-refractivity contribution in [2.24, 2.45) is 0 Å². The van der Waals surface area contributed by atoms with E-state index >= 15 is 0 Å². The molecule has 5 rings (SSSR count). The molecule has 0 saturated heterocycles. The van der Waals surface area contributed by atoms with Crippen LogP contribution in [0.3, 0.4) is 0 Å². The van der Waals surface area contributed by atoms with Gasteiger partial charge in [0.25, 0.3) is 0 Å². The summed E-state index contributed by atoms with van der Waals surface area (Å²) in [5, 5.41) is 0. The molecule has 6 atom stereocenters. The molecule has 0 unspecified atom stereocenters. The van der Waals surface area contributed by atoms with Crippen LogP contribution in [0.4, 0.5) is 0 Å². The lowest BCUT2D eigenvalue weighted by Gasteiger charge is -2.48. The molecule has 262 valence electrons. The first-order chi connectivity index (χ1) is 24.4. The molecule has 1 saturated carbocycles. The van der Waals surface area contributed by atoms with E-state index in [-0.39, 0.29) is 26.4 Å². The molecule has 4 aromatic rings. The molecule has 0 aliphatic heterocycles. The van der Waals surface area contributed by atoms with Crippen LogP contribution in [0.15, 0.2) is 121 Å². The first-order valence-electron chi connectivity index (χ1n) is 16.5. The highest BCUT2D eigenvalue weighted by molar-refractivity contribution is 5.75. The molecular weight excluding hydrogens is 640 g/mol. The van der Waals surface area contributed by atoms with Crippen molar-refractivity contribution in [1.29, 1.82) is 0 Å². The molecule has 0 amide bonds. The smallest absolute Gasteiger partial charge is 0.344 e. The Kier molecular flexibility index (Phi) is 13.7. The van der Waals surface area contributed by atoms with Crippen molar-refractivity contribution in [3.05, 3.63) is 144 Å². The van der Waals surface area contributed by atoms with E-state index in [0.717, 1.165) is 22.3 Å². The van der Waals surface area contributed by atoms with Crippen LogP contribution in [-0.4, -0.2) is 61.1 Å². The molecule has 0 heterocycles. The second kappa shape index (κ2) is 18.8. The van der Waals surface area contributed by atoms with Gasteiger partial charge in [0.2, 0.25) is 0 Å². The standard InChI is InChI=1S/C40H42O10/c1-28(41)44-27-34(43)50-40-38(48-26-33-21-13-6-14-22-33)36(46-24-31-17-9-4-10-18-31)35(45-23-30-15-7-3-8-16-30)37(39(40)49-29(2)42)47-25-32-19-11-5-12-20-32/h3-22,35-40H,23-27H2,1-2H3/t35-,36-,37+,38+,39+,40-/m1/s1. The largest absolute Gasteiger partial charge is 0.456 e. The zero-order chi connectivity index (χ0) is 35.1. The Morgan fingerprint density at radius 1 is 0.420 bits per heavy atom. The van der Waals surface area contributed by atoms with Crippen LogP contribution in [0.25, 0.3) is 0 Å². The first kappa shape index (κ1) is 36.4. The zero-order valence-corrected chi connectivity index (χ0v) is 28.1. The number of carbonyl (C=O) groups excluding carboxylic acids is 3. The highest BCUT2D eigenvalue weighted by atomic mass is 16.7. The Hall–Kier alpha value is -4.87. The summed E-state index contributed by atoms with van der Waals surface area (Å²) in [6.45, 7) is 2.40. The minimum absolute atomic E-state index is 0.114. The maximum atomic E-state index is 13.2. The highest BCUT2D eigenvalue weighted by Crippen LogP contribution is 2.36. The highest BCUT2D eigenvalue weighted by Gasteiger charge is 2.57. The van der Waals surface area contributed by atoms with Gasteiger partial charge in [-0.2, -0.15) is 0 Å². The summed E-state index contributed by atoms with van der Waals surface area (Å²) in [7, 11) is 0. The molecular formula is C40H42O10. The van der Waals surface area contributed by atoms with Gasteiger partial charge in [-0.25, -0.2) is 4.79 Å². The van der Waals surface area contributed by atoms with Gasteiger partial charge >= 0.3 is 17.9 Å². The number of rotatable bonds is 16. The van der Waals surface area contributed by atoms with Crippen LogP contribution in [0.5, 0.6) is 0 Å². The van der Waals surface area contributed by atoms with E-state index in [1.807, 2.05) is 121 Å². The minimum Gasteiger partial charge on any atom is -0.456 e. The van der Waals surface area contributed by atoms with Gasteiger partial charge in [-0.1, -0.05) is 121 Å². The number of esters is 3. The van der Waals surface area contributed by atoms with E-state index in [0.29, 0.717) is 0 Å².